The molecule has 1 aliphatic heterocycles. The van der Waals surface area contributed by atoms with Crippen molar-refractivity contribution < 1.29 is 14.7 Å². The number of rotatable bonds is 3. The van der Waals surface area contributed by atoms with E-state index in [0.717, 1.165) is 0 Å². The molecule has 0 aromatic heterocycles. The van der Waals surface area contributed by atoms with E-state index >= 15 is 0 Å². The van der Waals surface area contributed by atoms with Crippen LogP contribution in [0.2, 0.25) is 0 Å². The van der Waals surface area contributed by atoms with E-state index in [1.165, 1.54) is 6.92 Å². The highest BCUT2D eigenvalue weighted by Crippen LogP contribution is 2.38. The third-order valence-corrected chi connectivity index (χ3v) is 2.97. The van der Waals surface area contributed by atoms with Crippen molar-refractivity contribution in [3.63, 3.8) is 0 Å². The Balaban J connectivity index is 2.80. The average Bonchev–Trinajstić information content (AvgIpc) is 1.96. The standard InChI is InChI=1S/C12H23NO3/c1-9(14)8-16-13-11(2,3)6-10(15)7-12(13,4)5/h10,15H,6-8H2,1-5H3. The molecule has 4 heteroatoms. The number of carbonyl (C=O) groups is 1. The lowest BCUT2D eigenvalue weighted by atomic mass is 9.80. The van der Waals surface area contributed by atoms with Gasteiger partial charge in [0.05, 0.1) is 6.10 Å². The molecule has 0 aliphatic carbocycles. The number of carbonyl (C=O) groups excluding carboxylic acids is 1. The summed E-state index contributed by atoms with van der Waals surface area (Å²) in [7, 11) is 0. The molecule has 0 atom stereocenters. The number of Topliss-reactive ketones (excluding diaryl/α,β-unsaturated/α-hetero) is 1. The number of piperidine rings is 1. The number of aliphatic hydroxyl groups is 1. The lowest BCUT2D eigenvalue weighted by Gasteiger charge is -2.52. The van der Waals surface area contributed by atoms with Gasteiger partial charge in [-0.15, -0.1) is 0 Å². The molecule has 1 heterocycles. The van der Waals surface area contributed by atoms with Crippen molar-refractivity contribution >= 4 is 5.78 Å². The molecule has 1 N–H and O–H groups in total. The number of hydrogen-bond acceptors (Lipinski definition) is 4. The predicted octanol–water partition coefficient (Wildman–Crippen LogP) is 1.52. The zero-order chi connectivity index (χ0) is 12.6. The number of hydroxylamine groups is 2. The lowest BCUT2D eigenvalue weighted by Crippen LogP contribution is -2.61. The van der Waals surface area contributed by atoms with Crippen LogP contribution >= 0.6 is 0 Å². The summed E-state index contributed by atoms with van der Waals surface area (Å²) >= 11 is 0. The topological polar surface area (TPSA) is 49.8 Å². The van der Waals surface area contributed by atoms with Crippen molar-refractivity contribution in [3.8, 4) is 0 Å². The van der Waals surface area contributed by atoms with E-state index in [4.69, 9.17) is 4.84 Å². The largest absolute Gasteiger partial charge is 0.393 e. The molecular formula is C12H23NO3. The normalized spacial score (nSPS) is 25.6. The van der Waals surface area contributed by atoms with Crippen LogP contribution in [0.25, 0.3) is 0 Å². The Labute approximate surface area is 97.5 Å². The van der Waals surface area contributed by atoms with Crippen molar-refractivity contribution in [2.24, 2.45) is 0 Å². The minimum absolute atomic E-state index is 0.0118. The van der Waals surface area contributed by atoms with E-state index in [9.17, 15) is 9.90 Å². The highest BCUT2D eigenvalue weighted by molar-refractivity contribution is 5.76. The Hall–Kier alpha value is -0.450. The van der Waals surface area contributed by atoms with Crippen molar-refractivity contribution in [3.05, 3.63) is 0 Å². The van der Waals surface area contributed by atoms with Gasteiger partial charge in [0.25, 0.3) is 0 Å². The molecule has 4 nitrogen and oxygen atoms in total. The molecule has 94 valence electrons. The number of aliphatic hydroxyl groups excluding tert-OH is 1. The predicted molar refractivity (Wildman–Crippen MR) is 61.9 cm³/mol. The minimum Gasteiger partial charge on any atom is -0.393 e. The van der Waals surface area contributed by atoms with Gasteiger partial charge in [0.15, 0.2) is 5.78 Å². The molecule has 1 aliphatic rings. The Morgan fingerprint density at radius 1 is 1.31 bits per heavy atom. The molecule has 0 spiro atoms. The zero-order valence-corrected chi connectivity index (χ0v) is 10.9. The van der Waals surface area contributed by atoms with E-state index in [-0.39, 0.29) is 29.6 Å². The second kappa shape index (κ2) is 4.43. The molecular weight excluding hydrogens is 206 g/mol. The number of hydrogen-bond donors (Lipinski definition) is 1. The van der Waals surface area contributed by atoms with Crippen LogP contribution in [0.15, 0.2) is 0 Å². The first-order valence-electron chi connectivity index (χ1n) is 5.76. The third kappa shape index (κ3) is 3.03. The molecule has 0 radical (unpaired) electrons. The van der Waals surface area contributed by atoms with Crippen molar-refractivity contribution in [2.75, 3.05) is 6.61 Å². The van der Waals surface area contributed by atoms with E-state index in [2.05, 4.69) is 0 Å². The van der Waals surface area contributed by atoms with Gasteiger partial charge < -0.3 is 5.11 Å². The van der Waals surface area contributed by atoms with E-state index in [1.807, 2.05) is 32.8 Å². The van der Waals surface area contributed by atoms with Crippen molar-refractivity contribution in [1.82, 2.24) is 5.06 Å². The molecule has 1 saturated heterocycles. The number of ketones is 1. The summed E-state index contributed by atoms with van der Waals surface area (Å²) in [5, 5.41) is 11.7. The highest BCUT2D eigenvalue weighted by Gasteiger charge is 2.46. The van der Waals surface area contributed by atoms with Crippen LogP contribution in [0.4, 0.5) is 0 Å². The van der Waals surface area contributed by atoms with Gasteiger partial charge in [0, 0.05) is 11.1 Å². The monoisotopic (exact) mass is 229 g/mol. The lowest BCUT2D eigenvalue weighted by molar-refractivity contribution is -0.287. The fraction of sp³-hybridized carbons (Fsp3) is 0.917. The maximum atomic E-state index is 11.0. The van der Waals surface area contributed by atoms with Gasteiger partial charge in [0.1, 0.15) is 6.61 Å². The molecule has 1 rings (SSSR count). The molecule has 16 heavy (non-hydrogen) atoms. The van der Waals surface area contributed by atoms with E-state index < -0.39 is 0 Å². The summed E-state index contributed by atoms with van der Waals surface area (Å²) in [6, 6.07) is 0. The van der Waals surface area contributed by atoms with Gasteiger partial charge in [-0.3, -0.25) is 9.63 Å². The van der Waals surface area contributed by atoms with Gasteiger partial charge in [-0.05, 0) is 47.5 Å². The molecule has 0 saturated carbocycles. The molecule has 0 aromatic carbocycles. The fourth-order valence-corrected chi connectivity index (χ4v) is 2.72. The summed E-state index contributed by atoms with van der Waals surface area (Å²) < 4.78 is 0. The van der Waals surface area contributed by atoms with Crippen LogP contribution < -0.4 is 0 Å². The fourth-order valence-electron chi connectivity index (χ4n) is 2.72. The van der Waals surface area contributed by atoms with E-state index in [1.54, 1.807) is 0 Å². The second-order valence-corrected chi connectivity index (χ2v) is 5.96. The first-order valence-corrected chi connectivity index (χ1v) is 5.76. The molecule has 0 unspecified atom stereocenters. The summed E-state index contributed by atoms with van der Waals surface area (Å²) in [5.74, 6) is 0.0118. The summed E-state index contributed by atoms with van der Waals surface area (Å²) in [6.07, 6.45) is 1.02. The third-order valence-electron chi connectivity index (χ3n) is 2.97. The van der Waals surface area contributed by atoms with Crippen molar-refractivity contribution in [2.45, 2.75) is 64.6 Å². The maximum absolute atomic E-state index is 11.0. The Bertz CT molecular complexity index is 255. The Morgan fingerprint density at radius 2 is 1.75 bits per heavy atom. The SMILES string of the molecule is CC(=O)CON1C(C)(C)CC(O)CC1(C)C. The minimum atomic E-state index is -0.304. The van der Waals surface area contributed by atoms with Gasteiger partial charge >= 0.3 is 0 Å². The Kier molecular flexibility index (Phi) is 3.77. The summed E-state index contributed by atoms with van der Waals surface area (Å²) in [6.45, 7) is 9.71. The van der Waals surface area contributed by atoms with Gasteiger partial charge in [-0.1, -0.05) is 0 Å². The quantitative estimate of drug-likeness (QED) is 0.797. The average molecular weight is 229 g/mol. The smallest absolute Gasteiger partial charge is 0.157 e. The highest BCUT2D eigenvalue weighted by atomic mass is 16.7. The second-order valence-electron chi connectivity index (χ2n) is 5.96. The summed E-state index contributed by atoms with van der Waals surface area (Å²) in [4.78, 5) is 16.6. The van der Waals surface area contributed by atoms with Crippen LogP contribution in [0.5, 0.6) is 0 Å². The first-order chi connectivity index (χ1) is 7.15. The molecule has 0 amide bonds. The van der Waals surface area contributed by atoms with Crippen LogP contribution in [0.1, 0.15) is 47.5 Å². The molecule has 0 bridgehead atoms. The molecule has 0 aromatic rings. The Morgan fingerprint density at radius 3 is 2.12 bits per heavy atom. The number of nitrogens with zero attached hydrogens (tertiary/aromatic N) is 1. The van der Waals surface area contributed by atoms with Crippen LogP contribution in [-0.2, 0) is 9.63 Å². The van der Waals surface area contributed by atoms with Gasteiger partial charge in [-0.25, -0.2) is 0 Å². The maximum Gasteiger partial charge on any atom is 0.157 e. The zero-order valence-electron chi connectivity index (χ0n) is 10.9. The van der Waals surface area contributed by atoms with Crippen LogP contribution in [0, 0.1) is 0 Å². The van der Waals surface area contributed by atoms with Gasteiger partial charge in [0.2, 0.25) is 0 Å². The van der Waals surface area contributed by atoms with Crippen LogP contribution in [0.3, 0.4) is 0 Å². The van der Waals surface area contributed by atoms with E-state index in [0.29, 0.717) is 12.8 Å². The van der Waals surface area contributed by atoms with Gasteiger partial charge in [-0.2, -0.15) is 5.06 Å². The van der Waals surface area contributed by atoms with Crippen LogP contribution in [-0.4, -0.2) is 39.7 Å². The molecule has 1 fully saturated rings. The van der Waals surface area contributed by atoms with Crippen molar-refractivity contribution in [1.29, 1.82) is 0 Å². The first kappa shape index (κ1) is 13.6. The summed E-state index contributed by atoms with van der Waals surface area (Å²) in [5.41, 5.74) is -0.507.